The fourth-order valence-corrected chi connectivity index (χ4v) is 7.78. The summed E-state index contributed by atoms with van der Waals surface area (Å²) >= 11 is 0. The molecule has 0 aromatic carbocycles. The standard InChI is InChI=1S/C55H92O15/c1-3-5-7-9-11-13-15-17-19-20-21-22-24-26-28-30-32-34-36-38-47(58)68-43(40-65-46(57)37-35-33-31-29-27-25-23-18-16-14-12-10-8-6-4-2)41-66-54-53(64)51(62)49(60)45(70-54)42-67-55-52(63)50(61)48(59)44(39-56)69-55/h11,13-14,16-17,19,21-22,26,28,32,34,43-45,48-56,59-64H,3-10,12,15,18,20,23-25,27,29-31,33,35-42H2,1-2H3/b13-11+,16-14+,19-17+,22-21+,28-26+,34-32+/t43-,44+,45+,48-,49-,50?,51?,52?,53?,54+,55+/m1/s1. The summed E-state index contributed by atoms with van der Waals surface area (Å²) < 4.78 is 33.5. The first-order valence-electron chi connectivity index (χ1n) is 26.5. The minimum Gasteiger partial charge on any atom is -0.462 e. The molecule has 0 aliphatic carbocycles. The van der Waals surface area contributed by atoms with Crippen molar-refractivity contribution in [3.8, 4) is 0 Å². The van der Waals surface area contributed by atoms with Crippen molar-refractivity contribution >= 4 is 11.9 Å². The molecular weight excluding hydrogens is 901 g/mol. The molecular formula is C55H92O15. The van der Waals surface area contributed by atoms with E-state index in [0.29, 0.717) is 19.3 Å². The maximum atomic E-state index is 13.0. The first-order valence-corrected chi connectivity index (χ1v) is 26.5. The van der Waals surface area contributed by atoms with E-state index in [9.17, 15) is 45.3 Å². The van der Waals surface area contributed by atoms with Gasteiger partial charge in [0, 0.05) is 12.8 Å². The van der Waals surface area contributed by atoms with E-state index in [1.54, 1.807) is 0 Å². The van der Waals surface area contributed by atoms with E-state index in [4.69, 9.17) is 28.4 Å². The van der Waals surface area contributed by atoms with Gasteiger partial charge in [-0.15, -0.1) is 0 Å². The Bertz CT molecular complexity index is 1490. The maximum absolute atomic E-state index is 13.0. The topological polar surface area (TPSA) is 231 Å². The number of unbranched alkanes of at least 4 members (excludes halogenated alkanes) is 14. The predicted molar refractivity (Wildman–Crippen MR) is 270 cm³/mol. The van der Waals surface area contributed by atoms with Gasteiger partial charge in [0.05, 0.1) is 19.8 Å². The van der Waals surface area contributed by atoms with Crippen molar-refractivity contribution in [2.75, 3.05) is 26.4 Å². The molecule has 2 rings (SSSR count). The number of carbonyl (C=O) groups excluding carboxylic acids is 2. The molecule has 0 amide bonds. The fraction of sp³-hybridized carbons (Fsp3) is 0.745. The third-order valence-electron chi connectivity index (χ3n) is 12.2. The highest BCUT2D eigenvalue weighted by Gasteiger charge is 2.47. The SMILES string of the molecule is CCCCC/C=C/C/C=C/C/C=C/C/C=C/C/C=C/CCC(=O)O[C@H](COC(=O)CCCCCCCCC/C=C/CCCCCC)CO[C@H]1O[C@@H](CO[C@H]2O[C@@H](CO)[C@@H](O)C(O)C2O)[C@@H](O)C(O)C1O. The molecule has 2 fully saturated rings. The van der Waals surface area contributed by atoms with Gasteiger partial charge in [-0.05, 0) is 77.0 Å². The van der Waals surface area contributed by atoms with Crippen molar-refractivity contribution in [1.82, 2.24) is 0 Å². The number of allylic oxidation sites excluding steroid dienone is 12. The highest BCUT2D eigenvalue weighted by molar-refractivity contribution is 5.70. The van der Waals surface area contributed by atoms with E-state index >= 15 is 0 Å². The summed E-state index contributed by atoms with van der Waals surface area (Å²) in [6, 6.07) is 0. The number of ether oxygens (including phenoxy) is 6. The third kappa shape index (κ3) is 28.8. The van der Waals surface area contributed by atoms with E-state index < -0.39 is 99.3 Å². The van der Waals surface area contributed by atoms with Crippen LogP contribution >= 0.6 is 0 Å². The molecule has 2 aliphatic rings. The van der Waals surface area contributed by atoms with Crippen molar-refractivity contribution in [3.63, 3.8) is 0 Å². The fourth-order valence-electron chi connectivity index (χ4n) is 7.78. The van der Waals surface area contributed by atoms with Gasteiger partial charge < -0.3 is 64.2 Å². The van der Waals surface area contributed by atoms with E-state index in [-0.39, 0.29) is 19.4 Å². The Labute approximate surface area is 419 Å². The summed E-state index contributed by atoms with van der Waals surface area (Å²) in [7, 11) is 0. The molecule has 0 radical (unpaired) electrons. The number of aliphatic hydroxyl groups is 7. The van der Waals surface area contributed by atoms with Crippen LogP contribution in [0.1, 0.15) is 168 Å². The molecule has 70 heavy (non-hydrogen) atoms. The minimum atomic E-state index is -1.78. The number of aliphatic hydroxyl groups excluding tert-OH is 7. The smallest absolute Gasteiger partial charge is 0.306 e. The van der Waals surface area contributed by atoms with Gasteiger partial charge in [0.15, 0.2) is 18.7 Å². The summed E-state index contributed by atoms with van der Waals surface area (Å²) in [5.41, 5.74) is 0. The van der Waals surface area contributed by atoms with E-state index in [1.165, 1.54) is 64.2 Å². The van der Waals surface area contributed by atoms with E-state index in [0.717, 1.165) is 57.8 Å². The van der Waals surface area contributed by atoms with Crippen LogP contribution in [0.25, 0.3) is 0 Å². The normalized spacial score (nSPS) is 26.0. The Morgan fingerprint density at radius 2 is 0.886 bits per heavy atom. The molecule has 2 saturated heterocycles. The van der Waals surface area contributed by atoms with Crippen LogP contribution in [-0.2, 0) is 38.0 Å². The molecule has 4 unspecified atom stereocenters. The Morgan fingerprint density at radius 3 is 1.44 bits per heavy atom. The molecule has 0 saturated carbocycles. The predicted octanol–water partition coefficient (Wildman–Crippen LogP) is 7.82. The molecule has 0 aromatic rings. The molecule has 7 N–H and O–H groups in total. The number of carbonyl (C=O) groups is 2. The monoisotopic (exact) mass is 993 g/mol. The van der Waals surface area contributed by atoms with Gasteiger partial charge in [-0.2, -0.15) is 0 Å². The van der Waals surface area contributed by atoms with Crippen LogP contribution in [-0.4, -0.2) is 142 Å². The zero-order valence-corrected chi connectivity index (χ0v) is 42.5. The Kier molecular flexibility index (Phi) is 37.3. The van der Waals surface area contributed by atoms with Crippen LogP contribution in [0.3, 0.4) is 0 Å². The van der Waals surface area contributed by atoms with Gasteiger partial charge in [-0.1, -0.05) is 151 Å². The number of rotatable bonds is 40. The lowest BCUT2D eigenvalue weighted by Crippen LogP contribution is -2.61. The molecule has 11 atom stereocenters. The van der Waals surface area contributed by atoms with E-state index in [1.807, 2.05) is 12.2 Å². The van der Waals surface area contributed by atoms with Crippen LogP contribution in [0.2, 0.25) is 0 Å². The lowest BCUT2D eigenvalue weighted by molar-refractivity contribution is -0.332. The molecule has 15 nitrogen and oxygen atoms in total. The summed E-state index contributed by atoms with van der Waals surface area (Å²) in [6.07, 6.45) is 32.2. The Balaban J connectivity index is 1.84. The largest absolute Gasteiger partial charge is 0.462 e. The second kappa shape index (κ2) is 41.4. The Hall–Kier alpha value is -3.06. The number of esters is 2. The van der Waals surface area contributed by atoms with Gasteiger partial charge in [0.25, 0.3) is 0 Å². The average molecular weight is 993 g/mol. The summed E-state index contributed by atoms with van der Waals surface area (Å²) in [6.45, 7) is 2.46. The van der Waals surface area contributed by atoms with Crippen molar-refractivity contribution in [2.24, 2.45) is 0 Å². The average Bonchev–Trinajstić information content (AvgIpc) is 3.35. The highest BCUT2D eigenvalue weighted by atomic mass is 16.7. The van der Waals surface area contributed by atoms with Crippen molar-refractivity contribution in [1.29, 1.82) is 0 Å². The second-order valence-electron chi connectivity index (χ2n) is 18.3. The van der Waals surface area contributed by atoms with Crippen molar-refractivity contribution in [3.05, 3.63) is 72.9 Å². The van der Waals surface area contributed by atoms with Crippen molar-refractivity contribution in [2.45, 2.75) is 235 Å². The molecule has 0 aromatic heterocycles. The third-order valence-corrected chi connectivity index (χ3v) is 12.2. The quantitative estimate of drug-likeness (QED) is 0.0176. The first kappa shape index (κ1) is 63.1. The van der Waals surface area contributed by atoms with Gasteiger partial charge in [0.2, 0.25) is 0 Å². The van der Waals surface area contributed by atoms with Gasteiger partial charge in [-0.3, -0.25) is 9.59 Å². The summed E-state index contributed by atoms with van der Waals surface area (Å²) in [5, 5.41) is 72.1. The lowest BCUT2D eigenvalue weighted by Gasteiger charge is -2.42. The van der Waals surface area contributed by atoms with E-state index in [2.05, 4.69) is 74.6 Å². The molecule has 2 aliphatic heterocycles. The van der Waals surface area contributed by atoms with Crippen LogP contribution in [0.4, 0.5) is 0 Å². The lowest BCUT2D eigenvalue weighted by atomic mass is 9.98. The summed E-state index contributed by atoms with van der Waals surface area (Å²) in [4.78, 5) is 25.8. The Morgan fingerprint density at radius 1 is 0.457 bits per heavy atom. The van der Waals surface area contributed by atoms with Crippen molar-refractivity contribution < 1.29 is 73.8 Å². The zero-order chi connectivity index (χ0) is 51.0. The number of hydrogen-bond acceptors (Lipinski definition) is 15. The second-order valence-corrected chi connectivity index (χ2v) is 18.3. The first-order chi connectivity index (χ1) is 34.0. The summed E-state index contributed by atoms with van der Waals surface area (Å²) in [5.74, 6) is -1.03. The maximum Gasteiger partial charge on any atom is 0.306 e. The number of hydrogen-bond donors (Lipinski definition) is 7. The zero-order valence-electron chi connectivity index (χ0n) is 42.5. The minimum absolute atomic E-state index is 0.0379. The van der Waals surface area contributed by atoms with Gasteiger partial charge >= 0.3 is 11.9 Å². The van der Waals surface area contributed by atoms with Crippen LogP contribution in [0, 0.1) is 0 Å². The van der Waals surface area contributed by atoms with Gasteiger partial charge in [0.1, 0.15) is 55.4 Å². The molecule has 0 bridgehead atoms. The van der Waals surface area contributed by atoms with Gasteiger partial charge in [-0.25, -0.2) is 0 Å². The highest BCUT2D eigenvalue weighted by Crippen LogP contribution is 2.26. The molecule has 15 heteroatoms. The molecule has 0 spiro atoms. The molecule has 402 valence electrons. The van der Waals surface area contributed by atoms with Crippen LogP contribution in [0.15, 0.2) is 72.9 Å². The van der Waals surface area contributed by atoms with Crippen LogP contribution in [0.5, 0.6) is 0 Å². The van der Waals surface area contributed by atoms with Crippen LogP contribution < -0.4 is 0 Å². The molecule has 2 heterocycles.